The zero-order valence-electron chi connectivity index (χ0n) is 12.1. The van der Waals surface area contributed by atoms with Crippen molar-refractivity contribution in [2.45, 2.75) is 18.9 Å². The Hall–Kier alpha value is -1.52. The van der Waals surface area contributed by atoms with Crippen molar-refractivity contribution in [2.75, 3.05) is 20.8 Å². The smallest absolute Gasteiger partial charge is 0.258 e. The monoisotopic (exact) mass is 307 g/mol. The van der Waals surface area contributed by atoms with Gasteiger partial charge < -0.3 is 14.0 Å². The quantitative estimate of drug-likeness (QED) is 0.870. The number of nitrogens with zero attached hydrogens (tertiary/aromatic N) is 1. The van der Waals surface area contributed by atoms with Crippen LogP contribution in [0.15, 0.2) is 29.2 Å². The van der Waals surface area contributed by atoms with Crippen molar-refractivity contribution in [1.82, 2.24) is 4.57 Å². The van der Waals surface area contributed by atoms with E-state index in [2.05, 4.69) is 0 Å². The van der Waals surface area contributed by atoms with Crippen LogP contribution in [0.5, 0.6) is 5.75 Å². The van der Waals surface area contributed by atoms with E-state index in [0.29, 0.717) is 22.1 Å². The Kier molecular flexibility index (Phi) is 3.91. The summed E-state index contributed by atoms with van der Waals surface area (Å²) in [6.45, 7) is 0.752. The lowest BCUT2D eigenvalue weighted by Gasteiger charge is -2.36. The van der Waals surface area contributed by atoms with Crippen molar-refractivity contribution in [3.8, 4) is 5.75 Å². The summed E-state index contributed by atoms with van der Waals surface area (Å²) in [5.41, 5.74) is -0.00540. The van der Waals surface area contributed by atoms with Crippen molar-refractivity contribution >= 4 is 22.4 Å². The normalized spacial score (nSPS) is 21.3. The molecule has 1 heterocycles. The Morgan fingerprint density at radius 1 is 1.29 bits per heavy atom. The molecule has 0 radical (unpaired) electrons. The molecule has 1 fully saturated rings. The summed E-state index contributed by atoms with van der Waals surface area (Å²) in [5.74, 6) is 1.24. The van der Waals surface area contributed by atoms with Crippen LogP contribution in [0.3, 0.4) is 0 Å². The van der Waals surface area contributed by atoms with Crippen molar-refractivity contribution < 1.29 is 9.47 Å². The first-order chi connectivity index (χ1) is 10.1. The van der Waals surface area contributed by atoms with Crippen LogP contribution in [-0.4, -0.2) is 25.4 Å². The molecule has 0 amide bonds. The van der Waals surface area contributed by atoms with E-state index in [0.717, 1.165) is 24.8 Å². The van der Waals surface area contributed by atoms with E-state index >= 15 is 0 Å². The molecule has 1 aliphatic carbocycles. The molecule has 112 valence electrons. The van der Waals surface area contributed by atoms with Gasteiger partial charge in [-0.3, -0.25) is 4.79 Å². The molecule has 0 N–H and O–H groups in total. The number of hydrogen-bond donors (Lipinski definition) is 0. The average molecular weight is 308 g/mol. The topological polar surface area (TPSA) is 40.5 Å². The molecule has 0 unspecified atom stereocenters. The molecule has 4 nitrogen and oxygen atoms in total. The zero-order chi connectivity index (χ0) is 15.0. The van der Waals surface area contributed by atoms with Crippen molar-refractivity contribution in [3.63, 3.8) is 0 Å². The lowest BCUT2D eigenvalue weighted by molar-refractivity contribution is 0.0764. The molecule has 5 heteroatoms. The number of pyridine rings is 1. The van der Waals surface area contributed by atoms with Gasteiger partial charge in [-0.25, -0.2) is 0 Å². The number of methoxy groups -OCH3 is 2. The molecule has 1 aromatic heterocycles. The van der Waals surface area contributed by atoms with Crippen LogP contribution < -0.4 is 10.3 Å². The highest BCUT2D eigenvalue weighted by Crippen LogP contribution is 2.38. The molecule has 1 saturated carbocycles. The van der Waals surface area contributed by atoms with E-state index in [4.69, 9.17) is 21.1 Å². The van der Waals surface area contributed by atoms with Gasteiger partial charge in [-0.1, -0.05) is 11.6 Å². The minimum absolute atomic E-state index is 0.00540. The van der Waals surface area contributed by atoms with Gasteiger partial charge in [0.2, 0.25) is 0 Å². The molecule has 1 aromatic carbocycles. The number of halogens is 1. The van der Waals surface area contributed by atoms with Gasteiger partial charge in [0.05, 0.1) is 18.7 Å². The molecule has 3 rings (SSSR count). The second-order valence-electron chi connectivity index (χ2n) is 5.55. The van der Waals surface area contributed by atoms with Crippen LogP contribution in [0.4, 0.5) is 0 Å². The molecule has 0 atom stereocenters. The molecule has 0 aliphatic heterocycles. The number of aromatic nitrogens is 1. The van der Waals surface area contributed by atoms with Gasteiger partial charge in [0.15, 0.2) is 0 Å². The third-order valence-corrected chi connectivity index (χ3v) is 4.43. The summed E-state index contributed by atoms with van der Waals surface area (Å²) >= 11 is 6.02. The van der Waals surface area contributed by atoms with Gasteiger partial charge in [-0.05, 0) is 37.0 Å². The second-order valence-corrected chi connectivity index (χ2v) is 5.98. The van der Waals surface area contributed by atoms with Crippen molar-refractivity contribution in [3.05, 3.63) is 39.8 Å². The Labute approximate surface area is 128 Å². The second kappa shape index (κ2) is 5.70. The van der Waals surface area contributed by atoms with E-state index in [-0.39, 0.29) is 11.6 Å². The fraction of sp³-hybridized carbons (Fsp3) is 0.438. The molecule has 0 saturated heterocycles. The van der Waals surface area contributed by atoms with Gasteiger partial charge in [-0.15, -0.1) is 0 Å². The molecular weight excluding hydrogens is 290 g/mol. The predicted octanol–water partition coefficient (Wildman–Crippen LogP) is 3.26. The van der Waals surface area contributed by atoms with Gasteiger partial charge >= 0.3 is 0 Å². The van der Waals surface area contributed by atoms with E-state index in [9.17, 15) is 4.79 Å². The van der Waals surface area contributed by atoms with E-state index in [1.807, 2.05) is 12.3 Å². The fourth-order valence-corrected chi connectivity index (χ4v) is 3.21. The first-order valence-electron chi connectivity index (χ1n) is 7.01. The van der Waals surface area contributed by atoms with Crippen LogP contribution >= 0.6 is 11.6 Å². The Morgan fingerprint density at radius 3 is 2.71 bits per heavy atom. The SMILES string of the molecule is COCC1CC(n2cc(OC)c3ccc(Cl)cc3c2=O)C1. The molecule has 0 spiro atoms. The Balaban J connectivity index is 2.04. The maximum atomic E-state index is 12.7. The minimum Gasteiger partial charge on any atom is -0.495 e. The highest BCUT2D eigenvalue weighted by Gasteiger charge is 2.31. The van der Waals surface area contributed by atoms with Crippen molar-refractivity contribution in [2.24, 2.45) is 5.92 Å². The Morgan fingerprint density at radius 2 is 2.05 bits per heavy atom. The molecule has 0 bridgehead atoms. The van der Waals surface area contributed by atoms with Gasteiger partial charge in [0.25, 0.3) is 5.56 Å². The number of fused-ring (bicyclic) bond motifs is 1. The fourth-order valence-electron chi connectivity index (χ4n) is 3.04. The maximum absolute atomic E-state index is 12.7. The van der Waals surface area contributed by atoms with Crippen LogP contribution in [0.2, 0.25) is 5.02 Å². The van der Waals surface area contributed by atoms with Crippen LogP contribution in [0, 0.1) is 5.92 Å². The average Bonchev–Trinajstić information content (AvgIpc) is 2.44. The summed E-state index contributed by atoms with van der Waals surface area (Å²) in [6, 6.07) is 5.53. The third kappa shape index (κ3) is 2.54. The van der Waals surface area contributed by atoms with E-state index in [1.54, 1.807) is 30.9 Å². The predicted molar refractivity (Wildman–Crippen MR) is 83.4 cm³/mol. The minimum atomic E-state index is -0.00540. The number of ether oxygens (including phenoxy) is 2. The van der Waals surface area contributed by atoms with Crippen LogP contribution in [-0.2, 0) is 4.74 Å². The van der Waals surface area contributed by atoms with Gasteiger partial charge in [0, 0.05) is 30.2 Å². The first kappa shape index (κ1) is 14.4. The van der Waals surface area contributed by atoms with Gasteiger partial charge in [-0.2, -0.15) is 0 Å². The zero-order valence-corrected chi connectivity index (χ0v) is 12.9. The maximum Gasteiger partial charge on any atom is 0.258 e. The third-order valence-electron chi connectivity index (χ3n) is 4.19. The summed E-state index contributed by atoms with van der Waals surface area (Å²) < 4.78 is 12.4. The Bertz CT molecular complexity index is 719. The van der Waals surface area contributed by atoms with Crippen LogP contribution in [0.25, 0.3) is 10.8 Å². The molecular formula is C16H18ClNO3. The van der Waals surface area contributed by atoms with E-state index < -0.39 is 0 Å². The first-order valence-corrected chi connectivity index (χ1v) is 7.39. The molecule has 2 aromatic rings. The summed E-state index contributed by atoms with van der Waals surface area (Å²) in [5, 5.41) is 1.97. The molecule has 21 heavy (non-hydrogen) atoms. The van der Waals surface area contributed by atoms with Crippen molar-refractivity contribution in [1.29, 1.82) is 0 Å². The van der Waals surface area contributed by atoms with Crippen LogP contribution in [0.1, 0.15) is 18.9 Å². The van der Waals surface area contributed by atoms with Gasteiger partial charge in [0.1, 0.15) is 5.75 Å². The summed E-state index contributed by atoms with van der Waals surface area (Å²) in [4.78, 5) is 12.7. The molecule has 1 aliphatic rings. The lowest BCUT2D eigenvalue weighted by Crippen LogP contribution is -2.35. The largest absolute Gasteiger partial charge is 0.495 e. The summed E-state index contributed by atoms with van der Waals surface area (Å²) in [6.07, 6.45) is 3.73. The summed E-state index contributed by atoms with van der Waals surface area (Å²) in [7, 11) is 3.33. The highest BCUT2D eigenvalue weighted by atomic mass is 35.5. The highest BCUT2D eigenvalue weighted by molar-refractivity contribution is 6.31. The standard InChI is InChI=1S/C16H18ClNO3/c1-20-9-10-5-12(6-10)18-8-15(21-2)13-4-3-11(17)7-14(13)16(18)19/h3-4,7-8,10,12H,5-6,9H2,1-2H3. The number of hydrogen-bond acceptors (Lipinski definition) is 3. The van der Waals surface area contributed by atoms with E-state index in [1.165, 1.54) is 0 Å². The number of benzene rings is 1. The lowest BCUT2D eigenvalue weighted by atomic mass is 9.80. The number of rotatable bonds is 4.